The van der Waals surface area contributed by atoms with Crippen molar-refractivity contribution in [3.05, 3.63) is 70.8 Å². The van der Waals surface area contributed by atoms with Crippen molar-refractivity contribution < 1.29 is 4.74 Å². The number of methoxy groups -OCH3 is 1. The zero-order valence-electron chi connectivity index (χ0n) is 18.5. The van der Waals surface area contributed by atoms with Gasteiger partial charge in [0, 0.05) is 26.2 Å². The molecule has 7 nitrogen and oxygen atoms in total. The number of ether oxygens (including phenoxy) is 1. The van der Waals surface area contributed by atoms with Crippen LogP contribution < -0.4 is 25.4 Å². The lowest BCUT2D eigenvalue weighted by Gasteiger charge is -2.32. The number of fused-ring (bicyclic) bond motifs is 1. The number of rotatable bonds is 5. The van der Waals surface area contributed by atoms with Crippen molar-refractivity contribution >= 4 is 17.6 Å². The molecule has 7 heteroatoms. The highest BCUT2D eigenvalue weighted by atomic mass is 16.5. The van der Waals surface area contributed by atoms with Gasteiger partial charge in [0.2, 0.25) is 5.95 Å². The van der Waals surface area contributed by atoms with Gasteiger partial charge >= 0.3 is 0 Å². The fraction of sp³-hybridized carbons (Fsp3) is 0.360. The van der Waals surface area contributed by atoms with Crippen LogP contribution in [0.5, 0.6) is 5.75 Å². The molecular formula is C25H28N6O. The molecule has 3 aliphatic rings. The van der Waals surface area contributed by atoms with Gasteiger partial charge in [-0.15, -0.1) is 0 Å². The van der Waals surface area contributed by atoms with Crippen molar-refractivity contribution in [1.82, 2.24) is 15.4 Å². The van der Waals surface area contributed by atoms with E-state index in [4.69, 9.17) is 14.7 Å². The summed E-state index contributed by atoms with van der Waals surface area (Å²) in [5, 5.41) is 5.68. The maximum atomic E-state index is 5.31. The first-order valence-corrected chi connectivity index (χ1v) is 11.3. The van der Waals surface area contributed by atoms with Crippen molar-refractivity contribution in [3.63, 3.8) is 0 Å². The van der Waals surface area contributed by atoms with Crippen LogP contribution in [-0.4, -0.2) is 36.7 Å². The van der Waals surface area contributed by atoms with Gasteiger partial charge in [0.1, 0.15) is 11.6 Å². The van der Waals surface area contributed by atoms with E-state index in [2.05, 4.69) is 57.0 Å². The van der Waals surface area contributed by atoms with Crippen molar-refractivity contribution in [3.8, 4) is 5.75 Å². The minimum absolute atomic E-state index is 0.280. The Hall–Kier alpha value is -3.32. The lowest BCUT2D eigenvalue weighted by molar-refractivity contribution is 0.414. The van der Waals surface area contributed by atoms with Crippen LogP contribution in [0, 0.1) is 0 Å². The summed E-state index contributed by atoms with van der Waals surface area (Å²) < 4.78 is 5.31. The highest BCUT2D eigenvalue weighted by Gasteiger charge is 2.37. The van der Waals surface area contributed by atoms with Gasteiger partial charge < -0.3 is 15.0 Å². The number of anilines is 3. The Bertz CT molecular complexity index is 1120. The SMILES string of the molecule is COc1ccc(CN2CCC3NN(C)c4nc(NC5Cc6ccccc6C5)nc2c43)cc1. The number of benzene rings is 2. The number of aromatic nitrogens is 2. The van der Waals surface area contributed by atoms with Crippen LogP contribution in [0.1, 0.15) is 34.7 Å². The lowest BCUT2D eigenvalue weighted by Crippen LogP contribution is -2.36. The smallest absolute Gasteiger partial charge is 0.226 e. The topological polar surface area (TPSA) is 65.6 Å². The summed E-state index contributed by atoms with van der Waals surface area (Å²) in [6, 6.07) is 17.6. The minimum atomic E-state index is 0.280. The molecule has 0 saturated carbocycles. The van der Waals surface area contributed by atoms with E-state index in [1.54, 1.807) is 7.11 Å². The third kappa shape index (κ3) is 3.33. The molecule has 0 fully saturated rings. The average Bonchev–Trinajstić information content (AvgIpc) is 3.37. The van der Waals surface area contributed by atoms with Gasteiger partial charge in [0.15, 0.2) is 5.82 Å². The maximum absolute atomic E-state index is 5.31. The van der Waals surface area contributed by atoms with E-state index in [9.17, 15) is 0 Å². The molecule has 1 unspecified atom stereocenters. The summed E-state index contributed by atoms with van der Waals surface area (Å²) in [6.45, 7) is 1.77. The van der Waals surface area contributed by atoms with Crippen LogP contribution >= 0.6 is 0 Å². The average molecular weight is 429 g/mol. The number of nitrogens with zero attached hydrogens (tertiary/aromatic N) is 4. The molecule has 2 N–H and O–H groups in total. The molecular weight excluding hydrogens is 400 g/mol. The number of hydrogen-bond acceptors (Lipinski definition) is 7. The van der Waals surface area contributed by atoms with Crippen molar-refractivity contribution in [2.75, 3.05) is 35.9 Å². The molecule has 2 aromatic carbocycles. The third-order valence-corrected chi connectivity index (χ3v) is 6.83. The molecule has 2 aliphatic heterocycles. The summed E-state index contributed by atoms with van der Waals surface area (Å²) in [5.41, 5.74) is 8.86. The van der Waals surface area contributed by atoms with Crippen LogP contribution in [0.3, 0.4) is 0 Å². The molecule has 0 radical (unpaired) electrons. The number of nitrogens with one attached hydrogen (secondary N) is 2. The van der Waals surface area contributed by atoms with Crippen LogP contribution in [0.15, 0.2) is 48.5 Å². The Kier molecular flexibility index (Phi) is 4.64. The zero-order valence-corrected chi connectivity index (χ0v) is 18.5. The molecule has 0 spiro atoms. The number of hydrazine groups is 1. The van der Waals surface area contributed by atoms with Gasteiger partial charge in [-0.2, -0.15) is 9.97 Å². The van der Waals surface area contributed by atoms with E-state index in [1.807, 2.05) is 19.2 Å². The fourth-order valence-corrected chi connectivity index (χ4v) is 5.23. The normalized spacial score (nSPS) is 19.1. The van der Waals surface area contributed by atoms with Gasteiger partial charge in [-0.25, -0.2) is 5.43 Å². The van der Waals surface area contributed by atoms with Crippen LogP contribution in [-0.2, 0) is 19.4 Å². The summed E-state index contributed by atoms with van der Waals surface area (Å²) in [6.07, 6.45) is 3.06. The lowest BCUT2D eigenvalue weighted by atomic mass is 10.0. The van der Waals surface area contributed by atoms with E-state index in [1.165, 1.54) is 22.3 Å². The Labute approximate surface area is 188 Å². The van der Waals surface area contributed by atoms with E-state index >= 15 is 0 Å². The molecule has 0 bridgehead atoms. The third-order valence-electron chi connectivity index (χ3n) is 6.83. The van der Waals surface area contributed by atoms with Crippen LogP contribution in [0.2, 0.25) is 0 Å². The first-order chi connectivity index (χ1) is 15.7. The standard InChI is InChI=1S/C25H28N6O/c1-30-23-22-21(29-30)11-12-31(15-16-7-9-20(32-2)10-8-16)24(22)28-25(27-23)26-19-13-17-5-3-4-6-18(17)14-19/h3-10,19,21,29H,11-15H2,1-2H3,(H,26,27,28). The van der Waals surface area contributed by atoms with Gasteiger partial charge in [0.05, 0.1) is 18.7 Å². The van der Waals surface area contributed by atoms with Gasteiger partial charge in [-0.3, -0.25) is 5.01 Å². The largest absolute Gasteiger partial charge is 0.497 e. The second-order valence-corrected chi connectivity index (χ2v) is 8.93. The highest BCUT2D eigenvalue weighted by Crippen LogP contribution is 2.43. The first-order valence-electron chi connectivity index (χ1n) is 11.3. The van der Waals surface area contributed by atoms with Crippen molar-refractivity contribution in [1.29, 1.82) is 0 Å². The van der Waals surface area contributed by atoms with E-state index in [0.717, 1.165) is 49.7 Å². The first kappa shape index (κ1) is 19.4. The summed E-state index contributed by atoms with van der Waals surface area (Å²) in [7, 11) is 3.74. The highest BCUT2D eigenvalue weighted by molar-refractivity contribution is 5.68. The maximum Gasteiger partial charge on any atom is 0.226 e. The molecule has 0 amide bonds. The molecule has 3 heterocycles. The minimum Gasteiger partial charge on any atom is -0.497 e. The Morgan fingerprint density at radius 2 is 1.75 bits per heavy atom. The Balaban J connectivity index is 1.29. The van der Waals surface area contributed by atoms with Crippen LogP contribution in [0.4, 0.5) is 17.6 Å². The van der Waals surface area contributed by atoms with Gasteiger partial charge in [0.25, 0.3) is 0 Å². The molecule has 1 atom stereocenters. The molecule has 6 rings (SSSR count). The summed E-state index contributed by atoms with van der Waals surface area (Å²) >= 11 is 0. The Morgan fingerprint density at radius 3 is 2.47 bits per heavy atom. The summed E-state index contributed by atoms with van der Waals surface area (Å²) in [5.74, 6) is 3.62. The Morgan fingerprint density at radius 1 is 1.03 bits per heavy atom. The van der Waals surface area contributed by atoms with Crippen LogP contribution in [0.25, 0.3) is 0 Å². The van der Waals surface area contributed by atoms with Crippen molar-refractivity contribution in [2.24, 2.45) is 0 Å². The molecule has 164 valence electrons. The molecule has 0 saturated heterocycles. The van der Waals surface area contributed by atoms with Crippen molar-refractivity contribution in [2.45, 2.75) is 37.9 Å². The quantitative estimate of drug-likeness (QED) is 0.645. The molecule has 1 aromatic heterocycles. The molecule has 32 heavy (non-hydrogen) atoms. The fourth-order valence-electron chi connectivity index (χ4n) is 5.23. The van der Waals surface area contributed by atoms with E-state index in [0.29, 0.717) is 12.0 Å². The predicted octanol–water partition coefficient (Wildman–Crippen LogP) is 3.47. The predicted molar refractivity (Wildman–Crippen MR) is 126 cm³/mol. The van der Waals surface area contributed by atoms with E-state index < -0.39 is 0 Å². The van der Waals surface area contributed by atoms with E-state index in [-0.39, 0.29) is 6.04 Å². The van der Waals surface area contributed by atoms with Gasteiger partial charge in [-0.05, 0) is 48.1 Å². The number of hydrogen-bond donors (Lipinski definition) is 2. The summed E-state index contributed by atoms with van der Waals surface area (Å²) in [4.78, 5) is 12.3. The molecule has 3 aromatic rings. The monoisotopic (exact) mass is 428 g/mol. The van der Waals surface area contributed by atoms with Gasteiger partial charge in [-0.1, -0.05) is 36.4 Å². The second kappa shape index (κ2) is 7.67. The second-order valence-electron chi connectivity index (χ2n) is 8.93. The zero-order chi connectivity index (χ0) is 21.7. The molecule has 1 aliphatic carbocycles.